The van der Waals surface area contributed by atoms with Crippen LogP contribution in [0.4, 0.5) is 0 Å². The normalized spacial score (nSPS) is 13.0. The molecule has 0 saturated carbocycles. The van der Waals surface area contributed by atoms with Crippen LogP contribution < -0.4 is 5.73 Å². The van der Waals surface area contributed by atoms with Crippen molar-refractivity contribution in [1.29, 1.82) is 0 Å². The lowest BCUT2D eigenvalue weighted by Gasteiger charge is -2.07. The molecule has 2 N–H and O–H groups in total. The van der Waals surface area contributed by atoms with E-state index in [1.807, 2.05) is 6.07 Å². The molecule has 0 aliphatic carbocycles. The van der Waals surface area contributed by atoms with Gasteiger partial charge in [0.15, 0.2) is 0 Å². The predicted molar refractivity (Wildman–Crippen MR) is 67.0 cm³/mol. The van der Waals surface area contributed by atoms with Crippen molar-refractivity contribution in [3.63, 3.8) is 0 Å². The van der Waals surface area contributed by atoms with Gasteiger partial charge in [0, 0.05) is 26.7 Å². The summed E-state index contributed by atoms with van der Waals surface area (Å²) < 4.78 is 1.18. The van der Waals surface area contributed by atoms with E-state index in [2.05, 4.69) is 38.8 Å². The van der Waals surface area contributed by atoms with Gasteiger partial charge < -0.3 is 5.73 Å². The smallest absolute Gasteiger partial charge is 0.0438 e. The van der Waals surface area contributed by atoms with Crippen LogP contribution in [0.1, 0.15) is 15.8 Å². The summed E-state index contributed by atoms with van der Waals surface area (Å²) in [7, 11) is 0. The van der Waals surface area contributed by atoms with Gasteiger partial charge in [-0.25, -0.2) is 0 Å². The van der Waals surface area contributed by atoms with Crippen LogP contribution in [0.5, 0.6) is 0 Å². The summed E-state index contributed by atoms with van der Waals surface area (Å²) in [5.41, 5.74) is 6.10. The largest absolute Gasteiger partial charge is 0.323 e. The molecule has 1 nitrogen and oxygen atoms in total. The van der Waals surface area contributed by atoms with E-state index in [0.717, 1.165) is 6.42 Å². The van der Waals surface area contributed by atoms with Crippen molar-refractivity contribution in [2.75, 3.05) is 0 Å². The first-order valence-electron chi connectivity index (χ1n) is 4.28. The van der Waals surface area contributed by atoms with Gasteiger partial charge in [0.1, 0.15) is 0 Å². The van der Waals surface area contributed by atoms with Gasteiger partial charge in [0.2, 0.25) is 0 Å². The fraction of sp³-hybridized carbons (Fsp3) is 0.200. The molecule has 0 aliphatic heterocycles. The number of nitrogens with two attached hydrogens (primary N) is 1. The van der Waals surface area contributed by atoms with E-state index in [1.165, 1.54) is 14.2 Å². The van der Waals surface area contributed by atoms with Crippen LogP contribution in [0.25, 0.3) is 0 Å². The monoisotopic (exact) mass is 287 g/mol. The summed E-state index contributed by atoms with van der Waals surface area (Å²) in [6.07, 6.45) is 0.915. The maximum atomic E-state index is 6.10. The molecule has 2 heterocycles. The Hall–Kier alpha value is -0.160. The van der Waals surface area contributed by atoms with Crippen molar-refractivity contribution in [2.45, 2.75) is 12.5 Å². The predicted octanol–water partition coefficient (Wildman–Crippen LogP) is 3.81. The minimum atomic E-state index is 0.130. The van der Waals surface area contributed by atoms with Gasteiger partial charge >= 0.3 is 0 Å². The van der Waals surface area contributed by atoms with Crippen LogP contribution in [0.3, 0.4) is 0 Å². The molecule has 2 aromatic rings. The molecule has 0 saturated heterocycles. The Morgan fingerprint density at radius 3 is 2.71 bits per heavy atom. The van der Waals surface area contributed by atoms with E-state index in [-0.39, 0.29) is 6.04 Å². The second-order valence-corrected chi connectivity index (χ2v) is 5.85. The van der Waals surface area contributed by atoms with Crippen molar-refractivity contribution in [2.24, 2.45) is 5.73 Å². The maximum absolute atomic E-state index is 6.10. The molecule has 0 amide bonds. The molecule has 0 aliphatic rings. The highest BCUT2D eigenvalue weighted by Crippen LogP contribution is 2.28. The lowest BCUT2D eigenvalue weighted by atomic mass is 10.1. The summed E-state index contributed by atoms with van der Waals surface area (Å²) in [5.74, 6) is 0. The molecule has 0 spiro atoms. The highest BCUT2D eigenvalue weighted by atomic mass is 79.9. The summed E-state index contributed by atoms with van der Waals surface area (Å²) >= 11 is 6.99. The van der Waals surface area contributed by atoms with Crippen molar-refractivity contribution in [3.05, 3.63) is 43.2 Å². The van der Waals surface area contributed by atoms with Gasteiger partial charge in [-0.1, -0.05) is 6.07 Å². The standard InChI is InChI=1S/C10H10BrNS2/c11-7-3-5-14-10(7)6-8(12)9-2-1-4-13-9/h1-5,8H,6,12H2. The molecule has 1 unspecified atom stereocenters. The average molecular weight is 288 g/mol. The lowest BCUT2D eigenvalue weighted by molar-refractivity contribution is 0.743. The molecular weight excluding hydrogens is 278 g/mol. The second-order valence-electron chi connectivity index (χ2n) is 3.02. The van der Waals surface area contributed by atoms with Crippen molar-refractivity contribution in [3.8, 4) is 0 Å². The van der Waals surface area contributed by atoms with E-state index in [4.69, 9.17) is 5.73 Å². The van der Waals surface area contributed by atoms with E-state index in [9.17, 15) is 0 Å². The maximum Gasteiger partial charge on any atom is 0.0438 e. The fourth-order valence-corrected chi connectivity index (χ4v) is 3.58. The first-order valence-corrected chi connectivity index (χ1v) is 6.83. The minimum Gasteiger partial charge on any atom is -0.323 e. The highest BCUT2D eigenvalue weighted by Gasteiger charge is 2.10. The van der Waals surface area contributed by atoms with Crippen LogP contribution in [0.15, 0.2) is 33.4 Å². The summed E-state index contributed by atoms with van der Waals surface area (Å²) in [4.78, 5) is 2.58. The van der Waals surface area contributed by atoms with Gasteiger partial charge in [0.25, 0.3) is 0 Å². The first-order chi connectivity index (χ1) is 6.77. The van der Waals surface area contributed by atoms with E-state index in [1.54, 1.807) is 22.7 Å². The average Bonchev–Trinajstić information content (AvgIpc) is 2.77. The van der Waals surface area contributed by atoms with Gasteiger partial charge in [-0.05, 0) is 38.8 Å². The SMILES string of the molecule is NC(Cc1sccc1Br)c1cccs1. The molecule has 1 atom stereocenters. The minimum absolute atomic E-state index is 0.130. The highest BCUT2D eigenvalue weighted by molar-refractivity contribution is 9.10. The number of halogens is 1. The molecular formula is C10H10BrNS2. The molecule has 2 aromatic heterocycles. The van der Waals surface area contributed by atoms with E-state index in [0.29, 0.717) is 0 Å². The van der Waals surface area contributed by atoms with Gasteiger partial charge in [0.05, 0.1) is 0 Å². The molecule has 0 radical (unpaired) electrons. The van der Waals surface area contributed by atoms with Crippen LogP contribution in [0.2, 0.25) is 0 Å². The Labute approximate surface area is 99.7 Å². The van der Waals surface area contributed by atoms with Crippen LogP contribution in [-0.2, 0) is 6.42 Å². The zero-order valence-corrected chi connectivity index (χ0v) is 10.7. The van der Waals surface area contributed by atoms with Gasteiger partial charge in [-0.2, -0.15) is 0 Å². The fourth-order valence-electron chi connectivity index (χ4n) is 1.27. The van der Waals surface area contributed by atoms with E-state index >= 15 is 0 Å². The lowest BCUT2D eigenvalue weighted by Crippen LogP contribution is -2.11. The van der Waals surface area contributed by atoms with Crippen molar-refractivity contribution < 1.29 is 0 Å². The Bertz CT molecular complexity index is 394. The third-order valence-electron chi connectivity index (χ3n) is 2.00. The summed E-state index contributed by atoms with van der Waals surface area (Å²) in [6, 6.07) is 6.34. The molecule has 4 heteroatoms. The summed E-state index contributed by atoms with van der Waals surface area (Å²) in [5, 5.41) is 4.15. The number of hydrogen-bond donors (Lipinski definition) is 1. The van der Waals surface area contributed by atoms with Crippen LogP contribution >= 0.6 is 38.6 Å². The van der Waals surface area contributed by atoms with Crippen molar-refractivity contribution >= 4 is 38.6 Å². The van der Waals surface area contributed by atoms with Crippen LogP contribution in [0, 0.1) is 0 Å². The quantitative estimate of drug-likeness (QED) is 0.913. The molecule has 2 rings (SSSR count). The van der Waals surface area contributed by atoms with Crippen LogP contribution in [-0.4, -0.2) is 0 Å². The third-order valence-corrected chi connectivity index (χ3v) is 4.96. The summed E-state index contributed by atoms with van der Waals surface area (Å²) in [6.45, 7) is 0. The van der Waals surface area contributed by atoms with Gasteiger partial charge in [-0.15, -0.1) is 22.7 Å². The Morgan fingerprint density at radius 1 is 1.29 bits per heavy atom. The first kappa shape index (κ1) is 10.4. The zero-order valence-electron chi connectivity index (χ0n) is 7.44. The zero-order chi connectivity index (χ0) is 9.97. The number of rotatable bonds is 3. The molecule has 0 fully saturated rings. The second kappa shape index (κ2) is 4.57. The Kier molecular flexibility index (Phi) is 3.38. The number of hydrogen-bond acceptors (Lipinski definition) is 3. The Balaban J connectivity index is 2.09. The van der Waals surface area contributed by atoms with E-state index < -0.39 is 0 Å². The third kappa shape index (κ3) is 2.25. The van der Waals surface area contributed by atoms with Crippen molar-refractivity contribution in [1.82, 2.24) is 0 Å². The molecule has 14 heavy (non-hydrogen) atoms. The number of thiophene rings is 2. The topological polar surface area (TPSA) is 26.0 Å². The van der Waals surface area contributed by atoms with Gasteiger partial charge in [-0.3, -0.25) is 0 Å². The Morgan fingerprint density at radius 2 is 2.14 bits per heavy atom. The molecule has 74 valence electrons. The molecule has 0 aromatic carbocycles. The molecule has 0 bridgehead atoms.